The molecule has 8 nitrogen and oxygen atoms in total. The number of rotatable bonds is 8. The van der Waals surface area contributed by atoms with E-state index in [4.69, 9.17) is 23.2 Å². The number of fused-ring (bicyclic) bond motifs is 1. The van der Waals surface area contributed by atoms with E-state index < -0.39 is 27.9 Å². The average Bonchev–Trinajstić information content (AvgIpc) is 2.98. The van der Waals surface area contributed by atoms with E-state index in [1.807, 2.05) is 0 Å². The first-order valence-corrected chi connectivity index (χ1v) is 12.4. The van der Waals surface area contributed by atoms with Crippen molar-refractivity contribution >= 4 is 50.9 Å². The van der Waals surface area contributed by atoms with Gasteiger partial charge >= 0.3 is 0 Å². The standard InChI is InChI=1S/C22H23Cl2N3O5S/c1-3-25-21(29)14(2)26(13-15-8-9-17(23)18(24)12-15)20(28)10-11-27-22(30)16-6-4-5-7-19(16)33(27,31)32/h4-9,12,14H,3,10-11,13H2,1-2H3,(H,25,29)/t14-/m1/s1. The molecule has 0 aliphatic carbocycles. The van der Waals surface area contributed by atoms with E-state index in [1.54, 1.807) is 38.1 Å². The summed E-state index contributed by atoms with van der Waals surface area (Å²) in [7, 11) is -4.03. The van der Waals surface area contributed by atoms with Crippen molar-refractivity contribution in [3.05, 3.63) is 63.6 Å². The summed E-state index contributed by atoms with van der Waals surface area (Å²) in [6.07, 6.45) is -0.288. The number of hydrogen-bond acceptors (Lipinski definition) is 5. The highest BCUT2D eigenvalue weighted by atomic mass is 35.5. The van der Waals surface area contributed by atoms with Gasteiger partial charge in [-0.1, -0.05) is 41.4 Å². The Morgan fingerprint density at radius 2 is 1.82 bits per heavy atom. The number of nitrogens with zero attached hydrogens (tertiary/aromatic N) is 2. The number of benzene rings is 2. The van der Waals surface area contributed by atoms with Gasteiger partial charge < -0.3 is 10.2 Å². The summed E-state index contributed by atoms with van der Waals surface area (Å²) >= 11 is 12.0. The van der Waals surface area contributed by atoms with Crippen LogP contribution in [-0.4, -0.2) is 54.5 Å². The van der Waals surface area contributed by atoms with E-state index in [-0.39, 0.29) is 35.9 Å². The molecule has 0 spiro atoms. The molecule has 33 heavy (non-hydrogen) atoms. The predicted octanol–water partition coefficient (Wildman–Crippen LogP) is 3.08. The second kappa shape index (κ2) is 10.1. The van der Waals surface area contributed by atoms with E-state index in [2.05, 4.69) is 5.32 Å². The van der Waals surface area contributed by atoms with Crippen molar-refractivity contribution < 1.29 is 22.8 Å². The summed E-state index contributed by atoms with van der Waals surface area (Å²) in [6, 6.07) is 9.94. The van der Waals surface area contributed by atoms with Crippen LogP contribution in [0.2, 0.25) is 10.0 Å². The van der Waals surface area contributed by atoms with Crippen LogP contribution < -0.4 is 5.32 Å². The molecule has 2 aromatic rings. The molecule has 0 saturated carbocycles. The summed E-state index contributed by atoms with van der Waals surface area (Å²) in [5, 5.41) is 3.33. The van der Waals surface area contributed by atoms with Crippen molar-refractivity contribution in [3.8, 4) is 0 Å². The molecule has 3 rings (SSSR count). The first-order chi connectivity index (χ1) is 15.6. The molecule has 1 aliphatic heterocycles. The van der Waals surface area contributed by atoms with Crippen molar-refractivity contribution in [2.24, 2.45) is 0 Å². The van der Waals surface area contributed by atoms with Gasteiger partial charge in [0.2, 0.25) is 11.8 Å². The first kappa shape index (κ1) is 25.0. The lowest BCUT2D eigenvalue weighted by Gasteiger charge is -2.29. The Hall–Kier alpha value is -2.62. The highest BCUT2D eigenvalue weighted by Gasteiger charge is 2.41. The molecule has 0 aromatic heterocycles. The highest BCUT2D eigenvalue weighted by Crippen LogP contribution is 2.30. The maximum atomic E-state index is 13.2. The van der Waals surface area contributed by atoms with Gasteiger partial charge in [-0.2, -0.15) is 0 Å². The van der Waals surface area contributed by atoms with Crippen LogP contribution in [0.3, 0.4) is 0 Å². The maximum Gasteiger partial charge on any atom is 0.269 e. The third-order valence-electron chi connectivity index (χ3n) is 5.30. The lowest BCUT2D eigenvalue weighted by molar-refractivity contribution is -0.140. The fourth-order valence-corrected chi connectivity index (χ4v) is 5.42. The van der Waals surface area contributed by atoms with Crippen LogP contribution in [0, 0.1) is 0 Å². The smallest absolute Gasteiger partial charge is 0.269 e. The topological polar surface area (TPSA) is 104 Å². The van der Waals surface area contributed by atoms with Crippen LogP contribution in [0.5, 0.6) is 0 Å². The second-order valence-corrected chi connectivity index (χ2v) is 10.1. The third-order valence-corrected chi connectivity index (χ3v) is 7.88. The Kier molecular flexibility index (Phi) is 7.66. The lowest BCUT2D eigenvalue weighted by atomic mass is 10.1. The predicted molar refractivity (Wildman–Crippen MR) is 124 cm³/mol. The zero-order valence-corrected chi connectivity index (χ0v) is 20.4. The van der Waals surface area contributed by atoms with Gasteiger partial charge in [-0.05, 0) is 43.7 Å². The first-order valence-electron chi connectivity index (χ1n) is 10.2. The minimum atomic E-state index is -4.03. The summed E-state index contributed by atoms with van der Waals surface area (Å²) < 4.78 is 26.2. The minimum Gasteiger partial charge on any atom is -0.355 e. The fourth-order valence-electron chi connectivity index (χ4n) is 3.53. The molecule has 2 aromatic carbocycles. The van der Waals surface area contributed by atoms with Gasteiger partial charge in [-0.3, -0.25) is 14.4 Å². The van der Waals surface area contributed by atoms with E-state index in [0.717, 1.165) is 0 Å². The lowest BCUT2D eigenvalue weighted by Crippen LogP contribution is -2.48. The van der Waals surface area contributed by atoms with Gasteiger partial charge in [0.05, 0.1) is 15.6 Å². The van der Waals surface area contributed by atoms with Gasteiger partial charge in [0.15, 0.2) is 0 Å². The van der Waals surface area contributed by atoms with Gasteiger partial charge in [0, 0.05) is 26.1 Å². The molecule has 1 N–H and O–H groups in total. The normalized spacial score (nSPS) is 15.2. The SMILES string of the molecule is CCNC(=O)[C@@H](C)N(Cc1ccc(Cl)c(Cl)c1)C(=O)CCN1C(=O)c2ccccc2S1(=O)=O. The Labute approximate surface area is 202 Å². The van der Waals surface area contributed by atoms with Crippen molar-refractivity contribution in [1.82, 2.24) is 14.5 Å². The molecule has 1 aliphatic rings. The molecular formula is C22H23Cl2N3O5S. The van der Waals surface area contributed by atoms with Crippen LogP contribution >= 0.6 is 23.2 Å². The van der Waals surface area contributed by atoms with Crippen molar-refractivity contribution in [2.75, 3.05) is 13.1 Å². The van der Waals surface area contributed by atoms with E-state index >= 15 is 0 Å². The molecule has 0 saturated heterocycles. The van der Waals surface area contributed by atoms with E-state index in [1.165, 1.54) is 23.1 Å². The number of carbonyl (C=O) groups excluding carboxylic acids is 3. The highest BCUT2D eigenvalue weighted by molar-refractivity contribution is 7.90. The molecule has 0 fully saturated rings. The van der Waals surface area contributed by atoms with Crippen LogP contribution in [-0.2, 0) is 26.2 Å². The molecule has 0 unspecified atom stereocenters. The quantitative estimate of drug-likeness (QED) is 0.586. The number of halogens is 2. The number of nitrogens with one attached hydrogen (secondary N) is 1. The summed E-state index contributed by atoms with van der Waals surface area (Å²) in [5.41, 5.74) is 0.722. The zero-order chi connectivity index (χ0) is 24.3. The van der Waals surface area contributed by atoms with Crippen LogP contribution in [0.25, 0.3) is 0 Å². The number of sulfonamides is 1. The third kappa shape index (κ3) is 5.15. The number of hydrogen-bond donors (Lipinski definition) is 1. The summed E-state index contributed by atoms with van der Waals surface area (Å²) in [6.45, 7) is 3.44. The molecule has 11 heteroatoms. The van der Waals surface area contributed by atoms with Crippen molar-refractivity contribution in [2.45, 2.75) is 37.8 Å². The van der Waals surface area contributed by atoms with Crippen LogP contribution in [0.15, 0.2) is 47.4 Å². The largest absolute Gasteiger partial charge is 0.355 e. The number of carbonyl (C=O) groups is 3. The maximum absolute atomic E-state index is 13.2. The van der Waals surface area contributed by atoms with E-state index in [0.29, 0.717) is 26.5 Å². The second-order valence-electron chi connectivity index (χ2n) is 7.47. The summed E-state index contributed by atoms with van der Waals surface area (Å²) in [4.78, 5) is 39.5. The Morgan fingerprint density at radius 1 is 1.12 bits per heavy atom. The van der Waals surface area contributed by atoms with Gasteiger partial charge in [-0.25, -0.2) is 12.7 Å². The van der Waals surface area contributed by atoms with Gasteiger partial charge in [0.1, 0.15) is 10.9 Å². The Bertz CT molecular complexity index is 1200. The zero-order valence-electron chi connectivity index (χ0n) is 18.0. The number of likely N-dealkylation sites (N-methyl/N-ethyl adjacent to an activating group) is 1. The molecule has 0 radical (unpaired) electrons. The monoisotopic (exact) mass is 511 g/mol. The van der Waals surface area contributed by atoms with Crippen LogP contribution in [0.1, 0.15) is 36.2 Å². The van der Waals surface area contributed by atoms with Gasteiger partial charge in [-0.15, -0.1) is 0 Å². The summed E-state index contributed by atoms with van der Waals surface area (Å²) in [5.74, 6) is -1.52. The Balaban J connectivity index is 1.80. The minimum absolute atomic E-state index is 0.0505. The van der Waals surface area contributed by atoms with Crippen molar-refractivity contribution in [3.63, 3.8) is 0 Å². The average molecular weight is 512 g/mol. The number of amides is 3. The molecular weight excluding hydrogens is 489 g/mol. The fraction of sp³-hybridized carbons (Fsp3) is 0.318. The van der Waals surface area contributed by atoms with Crippen LogP contribution in [0.4, 0.5) is 0 Å². The van der Waals surface area contributed by atoms with E-state index in [9.17, 15) is 22.8 Å². The van der Waals surface area contributed by atoms with Crippen molar-refractivity contribution in [1.29, 1.82) is 0 Å². The molecule has 3 amide bonds. The molecule has 176 valence electrons. The molecule has 0 bridgehead atoms. The van der Waals surface area contributed by atoms with Gasteiger partial charge in [0.25, 0.3) is 15.9 Å². The molecule has 1 heterocycles. The molecule has 1 atom stereocenters. The Morgan fingerprint density at radius 3 is 2.45 bits per heavy atom.